The molecule has 0 saturated heterocycles. The lowest BCUT2D eigenvalue weighted by Gasteiger charge is -2.01. The van der Waals surface area contributed by atoms with Crippen molar-refractivity contribution in [3.63, 3.8) is 0 Å². The molecule has 1 aromatic rings. The summed E-state index contributed by atoms with van der Waals surface area (Å²) in [7, 11) is 0. The minimum absolute atomic E-state index is 0.0920. The fourth-order valence-electron chi connectivity index (χ4n) is 0.997. The summed E-state index contributed by atoms with van der Waals surface area (Å²) in [6.07, 6.45) is 0.747. The van der Waals surface area contributed by atoms with Gasteiger partial charge < -0.3 is 0 Å². The Kier molecular flexibility index (Phi) is 3.12. The lowest BCUT2D eigenvalue weighted by Crippen LogP contribution is -1.92. The van der Waals surface area contributed by atoms with Crippen LogP contribution in [0.1, 0.15) is 12.5 Å². The summed E-state index contributed by atoms with van der Waals surface area (Å²) in [5.74, 6) is 0. The maximum atomic E-state index is 10.5. The van der Waals surface area contributed by atoms with Crippen LogP contribution >= 0.6 is 23.2 Å². The third kappa shape index (κ3) is 2.11. The first-order chi connectivity index (χ1) is 6.06. The number of nitrogens with zero attached hydrogens (tertiary/aromatic N) is 1. The molecule has 0 aliphatic carbocycles. The molecule has 70 valence electrons. The average molecular weight is 220 g/mol. The molecule has 0 aliphatic rings. The van der Waals surface area contributed by atoms with Crippen LogP contribution in [0.25, 0.3) is 0 Å². The molecule has 0 saturated carbocycles. The summed E-state index contributed by atoms with van der Waals surface area (Å²) < 4.78 is 0. The number of hydrogen-bond donors (Lipinski definition) is 0. The van der Waals surface area contributed by atoms with Gasteiger partial charge in [-0.15, -0.1) is 0 Å². The molecule has 0 N–H and O–H groups in total. The van der Waals surface area contributed by atoms with Gasteiger partial charge in [-0.05, 0) is 24.1 Å². The normalized spacial score (nSPS) is 10.1. The van der Waals surface area contributed by atoms with Crippen LogP contribution < -0.4 is 0 Å². The molecule has 0 aromatic heterocycles. The van der Waals surface area contributed by atoms with E-state index in [1.807, 2.05) is 6.92 Å². The Labute approximate surface area is 85.4 Å². The highest BCUT2D eigenvalue weighted by molar-refractivity contribution is 6.38. The highest BCUT2D eigenvalue weighted by Crippen LogP contribution is 2.33. The zero-order valence-corrected chi connectivity index (χ0v) is 8.39. The van der Waals surface area contributed by atoms with Crippen molar-refractivity contribution < 1.29 is 4.92 Å². The van der Waals surface area contributed by atoms with Crippen LogP contribution in [0.15, 0.2) is 12.1 Å². The first-order valence-corrected chi connectivity index (χ1v) is 4.44. The van der Waals surface area contributed by atoms with Crippen molar-refractivity contribution in [2.75, 3.05) is 0 Å². The molecule has 0 radical (unpaired) electrons. The second kappa shape index (κ2) is 3.94. The van der Waals surface area contributed by atoms with Gasteiger partial charge >= 0.3 is 5.69 Å². The Morgan fingerprint density at radius 2 is 1.85 bits per heavy atom. The van der Waals surface area contributed by atoms with Gasteiger partial charge in [0.1, 0.15) is 10.0 Å². The zero-order chi connectivity index (χ0) is 10.0. The van der Waals surface area contributed by atoms with E-state index in [4.69, 9.17) is 23.2 Å². The van der Waals surface area contributed by atoms with Crippen LogP contribution in [0, 0.1) is 10.1 Å². The number of nitro benzene ring substituents is 1. The quantitative estimate of drug-likeness (QED) is 0.565. The Hall–Kier alpha value is -0.800. The van der Waals surface area contributed by atoms with Crippen molar-refractivity contribution in [1.82, 2.24) is 0 Å². The van der Waals surface area contributed by atoms with Gasteiger partial charge in [-0.1, -0.05) is 30.1 Å². The number of rotatable bonds is 2. The molecule has 0 atom stereocenters. The third-order valence-electron chi connectivity index (χ3n) is 1.67. The van der Waals surface area contributed by atoms with Crippen molar-refractivity contribution in [2.24, 2.45) is 0 Å². The Balaban J connectivity index is 3.31. The molecule has 0 fully saturated rings. The average Bonchev–Trinajstić information content (AvgIpc) is 2.02. The Morgan fingerprint density at radius 1 is 1.38 bits per heavy atom. The molecule has 1 aromatic carbocycles. The predicted octanol–water partition coefficient (Wildman–Crippen LogP) is 3.46. The number of nitro groups is 1. The van der Waals surface area contributed by atoms with Crippen molar-refractivity contribution in [3.05, 3.63) is 37.9 Å². The summed E-state index contributed by atoms with van der Waals surface area (Å²) in [5.41, 5.74) is 0.668. The molecule has 0 unspecified atom stereocenters. The highest BCUT2D eigenvalue weighted by atomic mass is 35.5. The number of hydrogen-bond acceptors (Lipinski definition) is 2. The molecule has 1 rings (SSSR count). The van der Waals surface area contributed by atoms with E-state index >= 15 is 0 Å². The summed E-state index contributed by atoms with van der Waals surface area (Å²) in [5, 5.41) is 10.7. The topological polar surface area (TPSA) is 43.1 Å². The van der Waals surface area contributed by atoms with E-state index in [0.717, 1.165) is 12.0 Å². The second-order valence-corrected chi connectivity index (χ2v) is 3.33. The zero-order valence-electron chi connectivity index (χ0n) is 6.88. The maximum Gasteiger partial charge on any atom is 0.306 e. The molecular weight excluding hydrogens is 213 g/mol. The van der Waals surface area contributed by atoms with Crippen LogP contribution in [0.4, 0.5) is 5.69 Å². The van der Waals surface area contributed by atoms with E-state index < -0.39 is 4.92 Å². The first-order valence-electron chi connectivity index (χ1n) is 3.68. The molecule has 3 nitrogen and oxygen atoms in total. The molecule has 5 heteroatoms. The lowest BCUT2D eigenvalue weighted by atomic mass is 10.1. The fraction of sp³-hybridized carbons (Fsp3) is 0.250. The summed E-state index contributed by atoms with van der Waals surface area (Å²) >= 11 is 11.4. The van der Waals surface area contributed by atoms with Crippen molar-refractivity contribution in [1.29, 1.82) is 0 Å². The van der Waals surface area contributed by atoms with Crippen LogP contribution in [0.2, 0.25) is 10.0 Å². The second-order valence-electron chi connectivity index (χ2n) is 2.52. The SMILES string of the molecule is CCc1cc(Cl)c([N+](=O)[O-])c(Cl)c1. The molecule has 13 heavy (non-hydrogen) atoms. The standard InChI is InChI=1S/C8H7Cl2NO2/c1-2-5-3-6(9)8(11(12)13)7(10)4-5/h3-4H,2H2,1H3. The number of benzene rings is 1. The monoisotopic (exact) mass is 219 g/mol. The molecule has 0 spiro atoms. The molecule has 0 amide bonds. The van der Waals surface area contributed by atoms with Gasteiger partial charge in [0.2, 0.25) is 0 Å². The minimum atomic E-state index is -0.579. The smallest absolute Gasteiger partial charge is 0.258 e. The van der Waals surface area contributed by atoms with Crippen LogP contribution in [-0.4, -0.2) is 4.92 Å². The van der Waals surface area contributed by atoms with Crippen LogP contribution in [0.3, 0.4) is 0 Å². The summed E-state index contributed by atoms with van der Waals surface area (Å²) in [6, 6.07) is 3.12. The van der Waals surface area contributed by atoms with E-state index in [1.54, 1.807) is 12.1 Å². The Morgan fingerprint density at radius 3 is 2.15 bits per heavy atom. The van der Waals surface area contributed by atoms with Crippen molar-refractivity contribution in [3.8, 4) is 0 Å². The number of aryl methyl sites for hydroxylation is 1. The van der Waals surface area contributed by atoms with Gasteiger partial charge in [-0.3, -0.25) is 10.1 Å². The van der Waals surface area contributed by atoms with Crippen LogP contribution in [0.5, 0.6) is 0 Å². The summed E-state index contributed by atoms with van der Waals surface area (Å²) in [6.45, 7) is 1.92. The lowest BCUT2D eigenvalue weighted by molar-refractivity contribution is -0.384. The summed E-state index contributed by atoms with van der Waals surface area (Å²) in [4.78, 5) is 9.90. The van der Waals surface area contributed by atoms with Gasteiger partial charge in [-0.2, -0.15) is 0 Å². The van der Waals surface area contributed by atoms with Gasteiger partial charge in [0.15, 0.2) is 0 Å². The molecule has 0 bridgehead atoms. The van der Waals surface area contributed by atoms with Crippen molar-refractivity contribution >= 4 is 28.9 Å². The first kappa shape index (κ1) is 10.3. The van der Waals surface area contributed by atoms with E-state index in [0.29, 0.717) is 0 Å². The molecule has 0 heterocycles. The predicted molar refractivity (Wildman–Crippen MR) is 52.5 cm³/mol. The Bertz CT molecular complexity index is 329. The van der Waals surface area contributed by atoms with E-state index in [1.165, 1.54) is 0 Å². The van der Waals surface area contributed by atoms with Gasteiger partial charge in [0.05, 0.1) is 4.92 Å². The molecule has 0 aliphatic heterocycles. The van der Waals surface area contributed by atoms with Gasteiger partial charge in [0, 0.05) is 0 Å². The molecular formula is C8H7Cl2NO2. The third-order valence-corrected chi connectivity index (χ3v) is 2.24. The minimum Gasteiger partial charge on any atom is -0.258 e. The number of halogens is 2. The van der Waals surface area contributed by atoms with E-state index in [9.17, 15) is 10.1 Å². The van der Waals surface area contributed by atoms with Gasteiger partial charge in [0.25, 0.3) is 0 Å². The van der Waals surface area contributed by atoms with Crippen LogP contribution in [-0.2, 0) is 6.42 Å². The van der Waals surface area contributed by atoms with E-state index in [2.05, 4.69) is 0 Å². The fourth-order valence-corrected chi connectivity index (χ4v) is 1.67. The highest BCUT2D eigenvalue weighted by Gasteiger charge is 2.17. The van der Waals surface area contributed by atoms with E-state index in [-0.39, 0.29) is 15.7 Å². The largest absolute Gasteiger partial charge is 0.306 e. The van der Waals surface area contributed by atoms with Crippen molar-refractivity contribution in [2.45, 2.75) is 13.3 Å². The van der Waals surface area contributed by atoms with Gasteiger partial charge in [-0.25, -0.2) is 0 Å². The maximum absolute atomic E-state index is 10.5.